The van der Waals surface area contributed by atoms with Crippen molar-refractivity contribution in [3.05, 3.63) is 241 Å². The molecule has 2 unspecified atom stereocenters. The number of nitrogens with zero attached hydrogens (tertiary/aromatic N) is 8. The van der Waals surface area contributed by atoms with E-state index in [1.54, 1.807) is 12.2 Å². The number of fused-ring (bicyclic) bond motifs is 2. The first-order chi connectivity index (χ1) is 42.9. The van der Waals surface area contributed by atoms with Gasteiger partial charge in [-0.15, -0.1) is 0 Å². The number of unbranched alkanes of at least 4 members (excludes halogenated alkanes) is 4. The van der Waals surface area contributed by atoms with Crippen LogP contribution in [0.15, 0.2) is 157 Å². The zero-order chi connectivity index (χ0) is 63.8. The van der Waals surface area contributed by atoms with E-state index in [1.165, 1.54) is 81.8 Å². The van der Waals surface area contributed by atoms with Crippen LogP contribution in [0.2, 0.25) is 0 Å². The lowest BCUT2D eigenvalue weighted by atomic mass is 9.78. The molecule has 0 bridgehead atoms. The van der Waals surface area contributed by atoms with Crippen LogP contribution in [-0.2, 0) is 13.1 Å². The Hall–Kier alpha value is -8.69. The van der Waals surface area contributed by atoms with Crippen LogP contribution in [0, 0.1) is 49.7 Å². The molecule has 1 aliphatic carbocycles. The molecule has 3 aliphatic rings. The van der Waals surface area contributed by atoms with E-state index >= 15 is 0 Å². The molecule has 0 saturated carbocycles. The Balaban J connectivity index is 1.19. The molecule has 2 heterocycles. The number of hydrogen-bond donors (Lipinski definition) is 0. The van der Waals surface area contributed by atoms with Crippen molar-refractivity contribution in [2.75, 3.05) is 40.9 Å². The van der Waals surface area contributed by atoms with Gasteiger partial charge in [0.25, 0.3) is 11.4 Å². The highest BCUT2D eigenvalue weighted by Crippen LogP contribution is 2.47. The van der Waals surface area contributed by atoms with Crippen molar-refractivity contribution in [3.8, 4) is 12.1 Å². The van der Waals surface area contributed by atoms with Crippen molar-refractivity contribution in [2.45, 2.75) is 183 Å². The molecule has 0 radical (unpaired) electrons. The average molecular weight is 1180 g/mol. The van der Waals surface area contributed by atoms with Gasteiger partial charge < -0.3 is 14.7 Å². The van der Waals surface area contributed by atoms with Gasteiger partial charge in [0.2, 0.25) is 0 Å². The lowest BCUT2D eigenvalue weighted by Crippen LogP contribution is -2.47. The normalized spacial score (nSPS) is 17.0. The topological polar surface area (TPSA) is 69.0 Å². The van der Waals surface area contributed by atoms with Crippen LogP contribution in [0.4, 0.5) is 17.1 Å². The molecular formula is C81H95N8+. The van der Waals surface area contributed by atoms with Gasteiger partial charge in [0.1, 0.15) is 13.1 Å². The van der Waals surface area contributed by atoms with Crippen LogP contribution >= 0.6 is 0 Å². The number of rotatable bonds is 24. The maximum atomic E-state index is 9.61. The monoisotopic (exact) mass is 1180 g/mol. The van der Waals surface area contributed by atoms with Crippen molar-refractivity contribution < 1.29 is 4.58 Å². The van der Waals surface area contributed by atoms with E-state index in [4.69, 9.17) is 13.1 Å². The molecule has 0 aromatic heterocycles. The van der Waals surface area contributed by atoms with Gasteiger partial charge in [-0.3, -0.25) is 0 Å². The van der Waals surface area contributed by atoms with Crippen LogP contribution in [0.1, 0.15) is 206 Å². The minimum Gasteiger partial charge on any atom is -0.372 e. The molecule has 458 valence electrons. The van der Waals surface area contributed by atoms with Crippen LogP contribution in [-0.4, -0.2) is 47.5 Å². The SMILES string of the molecule is [C-]#[N+]/C(C#N)=C\c1cc2c(cc1C)N(Cc1ccc(C(/C=C/C=C(/c3ccc(CN4c5cc(C)c(/C=C(\C#N)[N+]#[C-])cc5C(C)CC4(C)C)cc3)c3ccc(N(CCCC)CCCC)cc3)=C3C=CC(=[N+](CCCC)CCCC)C=C3)cc1)C(C)(C)CC2C. The summed E-state index contributed by atoms with van der Waals surface area (Å²) in [5.41, 5.74) is 20.8. The van der Waals surface area contributed by atoms with Gasteiger partial charge in [-0.2, -0.15) is 0 Å². The summed E-state index contributed by atoms with van der Waals surface area (Å²) in [6.45, 7) is 48.0. The fraction of sp³-hybridized carbons (Fsp3) is 0.395. The van der Waals surface area contributed by atoms with E-state index in [9.17, 15) is 10.5 Å². The number of allylic oxidation sites excluding steroid dienone is 11. The van der Waals surface area contributed by atoms with Crippen molar-refractivity contribution in [3.63, 3.8) is 0 Å². The summed E-state index contributed by atoms with van der Waals surface area (Å²) in [5.74, 6) is 0.635. The minimum absolute atomic E-state index is 0.101. The molecule has 8 rings (SSSR count). The van der Waals surface area contributed by atoms with E-state index in [2.05, 4.69) is 264 Å². The first-order valence-corrected chi connectivity index (χ1v) is 32.9. The van der Waals surface area contributed by atoms with Gasteiger partial charge in [-0.25, -0.2) is 24.8 Å². The van der Waals surface area contributed by atoms with Gasteiger partial charge in [0.15, 0.2) is 5.71 Å². The quantitative estimate of drug-likeness (QED) is 0.0266. The van der Waals surface area contributed by atoms with Crippen molar-refractivity contribution >= 4 is 46.1 Å². The summed E-state index contributed by atoms with van der Waals surface area (Å²) < 4.78 is 2.56. The Kier molecular flexibility index (Phi) is 22.7. The number of benzene rings is 5. The molecule has 89 heavy (non-hydrogen) atoms. The second-order valence-corrected chi connectivity index (χ2v) is 26.3. The molecule has 5 aromatic carbocycles. The lowest BCUT2D eigenvalue weighted by Gasteiger charge is -2.48. The number of nitriles is 2. The maximum Gasteiger partial charge on any atom is 0.262 e. The molecule has 0 amide bonds. The highest BCUT2D eigenvalue weighted by molar-refractivity contribution is 6.03. The zero-order valence-electron chi connectivity index (χ0n) is 55.5. The predicted molar refractivity (Wildman–Crippen MR) is 377 cm³/mol. The van der Waals surface area contributed by atoms with Gasteiger partial charge >= 0.3 is 0 Å². The Labute approximate surface area is 535 Å². The molecular weight excluding hydrogens is 1080 g/mol. The first-order valence-electron chi connectivity index (χ1n) is 32.9. The Morgan fingerprint density at radius 1 is 0.607 bits per heavy atom. The standard InChI is InChI=1S/C81H95N8/c1-15-19-42-86(43-20-16-2)72-38-34-66(35-39-72)74(64-30-26-62(27-31-64)56-88-78-46-58(5)68(48-70(54-82)84-13)50-76(78)60(7)52-80(88,9)10)24-23-25-75(67-36-40-73(41-37-67)87(44-21-17-3)45-22-18-4)65-32-28-63(29-33-65)57-89-79-47-59(6)69(49-71(55-83)85-14)51-77(79)61(8)53-81(89,11)12/h23-41,46-51,60-61H,15-22,42-45,52-53,56-57H2,1-12H3/q+1/b70-48-,71-49+. The Morgan fingerprint density at radius 2 is 1.03 bits per heavy atom. The molecule has 2 aliphatic heterocycles. The molecule has 8 heteroatoms. The zero-order valence-corrected chi connectivity index (χ0v) is 55.5. The fourth-order valence-corrected chi connectivity index (χ4v) is 13.4. The Bertz CT molecular complexity index is 3700. The summed E-state index contributed by atoms with van der Waals surface area (Å²) in [7, 11) is 0. The lowest BCUT2D eigenvalue weighted by molar-refractivity contribution is -0.527. The van der Waals surface area contributed by atoms with E-state index in [1.807, 2.05) is 0 Å². The third-order valence-corrected chi connectivity index (χ3v) is 18.6. The van der Waals surface area contributed by atoms with Gasteiger partial charge in [-0.1, -0.05) is 158 Å². The number of aryl methyl sites for hydroxylation is 2. The molecule has 0 saturated heterocycles. The van der Waals surface area contributed by atoms with Gasteiger partial charge in [0, 0.05) is 79.3 Å². The Morgan fingerprint density at radius 3 is 1.45 bits per heavy atom. The second kappa shape index (κ2) is 30.5. The van der Waals surface area contributed by atoms with E-state index in [0.717, 1.165) is 122 Å². The third-order valence-electron chi connectivity index (χ3n) is 18.6. The first kappa shape index (κ1) is 66.3. The van der Waals surface area contributed by atoms with Crippen LogP contribution < -0.4 is 14.7 Å². The van der Waals surface area contributed by atoms with Crippen molar-refractivity contribution in [2.24, 2.45) is 0 Å². The number of hydrogen-bond acceptors (Lipinski definition) is 5. The summed E-state index contributed by atoms with van der Waals surface area (Å²) in [4.78, 5) is 14.6. The molecule has 0 N–H and O–H groups in total. The average Bonchev–Trinajstić information content (AvgIpc) is 0.812. The van der Waals surface area contributed by atoms with E-state index < -0.39 is 0 Å². The molecule has 5 aromatic rings. The largest absolute Gasteiger partial charge is 0.372 e. The second-order valence-electron chi connectivity index (χ2n) is 26.3. The fourth-order valence-electron chi connectivity index (χ4n) is 13.4. The predicted octanol–water partition coefficient (Wildman–Crippen LogP) is 20.5. The van der Waals surface area contributed by atoms with Crippen molar-refractivity contribution in [1.82, 2.24) is 0 Å². The smallest absolute Gasteiger partial charge is 0.262 e. The molecule has 0 spiro atoms. The summed E-state index contributed by atoms with van der Waals surface area (Å²) in [5, 5.41) is 19.2. The molecule has 0 fully saturated rings. The highest BCUT2D eigenvalue weighted by Gasteiger charge is 2.38. The summed E-state index contributed by atoms with van der Waals surface area (Å²) >= 11 is 0. The minimum atomic E-state index is -0.106. The van der Waals surface area contributed by atoms with Gasteiger partial charge in [-0.05, 0) is 206 Å². The number of anilines is 3. The van der Waals surface area contributed by atoms with Gasteiger partial charge in [0.05, 0.1) is 25.3 Å². The third kappa shape index (κ3) is 16.2. The molecule has 2 atom stereocenters. The summed E-state index contributed by atoms with van der Waals surface area (Å²) in [6, 6.07) is 40.8. The van der Waals surface area contributed by atoms with Crippen LogP contribution in [0.25, 0.3) is 33.0 Å². The van der Waals surface area contributed by atoms with E-state index in [-0.39, 0.29) is 22.5 Å². The van der Waals surface area contributed by atoms with Crippen molar-refractivity contribution in [1.29, 1.82) is 10.5 Å². The molecule has 8 nitrogen and oxygen atoms in total. The van der Waals surface area contributed by atoms with Crippen LogP contribution in [0.3, 0.4) is 0 Å². The van der Waals surface area contributed by atoms with E-state index in [0.29, 0.717) is 11.8 Å². The maximum absolute atomic E-state index is 9.61. The summed E-state index contributed by atoms with van der Waals surface area (Å²) in [6.07, 6.45) is 30.9. The highest BCUT2D eigenvalue weighted by atomic mass is 15.2. The van der Waals surface area contributed by atoms with Crippen LogP contribution in [0.5, 0.6) is 0 Å².